The largest absolute Gasteiger partial charge is 0.371 e. The van der Waals surface area contributed by atoms with E-state index in [-0.39, 0.29) is 17.9 Å². The zero-order chi connectivity index (χ0) is 21.1. The smallest absolute Gasteiger partial charge is 0.321 e. The van der Waals surface area contributed by atoms with Crippen LogP contribution >= 0.6 is 11.3 Å². The topological polar surface area (TPSA) is 100 Å². The molecule has 0 spiro atoms. The van der Waals surface area contributed by atoms with Gasteiger partial charge in [0.05, 0.1) is 11.6 Å². The number of carbonyl (C=O) groups is 2. The van der Waals surface area contributed by atoms with Crippen LogP contribution in [0.2, 0.25) is 0 Å². The molecule has 160 valence electrons. The molecule has 1 fully saturated rings. The van der Waals surface area contributed by atoms with Crippen molar-refractivity contribution in [2.45, 2.75) is 45.6 Å². The minimum atomic E-state index is -0.237. The molecular formula is C22H29N5O2S. The highest BCUT2D eigenvalue weighted by atomic mass is 32.1. The molecular weight excluding hydrogens is 398 g/mol. The fraction of sp³-hybridized carbons (Fsp3) is 0.500. The van der Waals surface area contributed by atoms with Gasteiger partial charge in [-0.25, -0.2) is 9.78 Å². The Balaban J connectivity index is 1.28. The normalized spacial score (nSPS) is 21.0. The van der Waals surface area contributed by atoms with Crippen LogP contribution in [0.5, 0.6) is 0 Å². The predicted octanol–water partition coefficient (Wildman–Crippen LogP) is 3.29. The summed E-state index contributed by atoms with van der Waals surface area (Å²) in [7, 11) is 0. The summed E-state index contributed by atoms with van der Waals surface area (Å²) in [5, 5.41) is 6.44. The van der Waals surface area contributed by atoms with Crippen LogP contribution in [0.1, 0.15) is 42.3 Å². The summed E-state index contributed by atoms with van der Waals surface area (Å²) in [5.41, 5.74) is 8.71. The van der Waals surface area contributed by atoms with E-state index >= 15 is 0 Å². The van der Waals surface area contributed by atoms with E-state index in [9.17, 15) is 9.59 Å². The molecule has 4 rings (SSSR count). The van der Waals surface area contributed by atoms with Crippen LogP contribution in [0.3, 0.4) is 0 Å². The average Bonchev–Trinajstić information content (AvgIpc) is 3.14. The van der Waals surface area contributed by atoms with Gasteiger partial charge < -0.3 is 16.0 Å². The van der Waals surface area contributed by atoms with Gasteiger partial charge in [-0.2, -0.15) is 0 Å². The second kappa shape index (κ2) is 9.04. The molecule has 1 aliphatic carbocycles. The highest BCUT2D eigenvalue weighted by molar-refractivity contribution is 7.15. The van der Waals surface area contributed by atoms with Crippen molar-refractivity contribution in [1.82, 2.24) is 10.3 Å². The first kappa shape index (κ1) is 20.7. The Labute approximate surface area is 181 Å². The first-order valence-electron chi connectivity index (χ1n) is 10.6. The number of amides is 3. The molecule has 4 N–H and O–H groups in total. The van der Waals surface area contributed by atoms with Crippen LogP contribution in [-0.2, 0) is 24.2 Å². The van der Waals surface area contributed by atoms with E-state index in [2.05, 4.69) is 27.4 Å². The summed E-state index contributed by atoms with van der Waals surface area (Å²) < 4.78 is 0. The fourth-order valence-corrected chi connectivity index (χ4v) is 5.35. The number of primary amides is 1. The van der Waals surface area contributed by atoms with Crippen molar-refractivity contribution >= 4 is 34.1 Å². The van der Waals surface area contributed by atoms with Crippen molar-refractivity contribution in [3.63, 3.8) is 0 Å². The molecule has 0 radical (unpaired) electrons. The number of aryl methyl sites for hydroxylation is 1. The maximum Gasteiger partial charge on any atom is 0.321 e. The maximum atomic E-state index is 12.3. The third-order valence-corrected chi connectivity index (χ3v) is 7.02. The number of benzene rings is 1. The van der Waals surface area contributed by atoms with Crippen molar-refractivity contribution in [1.29, 1.82) is 0 Å². The summed E-state index contributed by atoms with van der Waals surface area (Å²) in [4.78, 5) is 31.8. The Bertz CT molecular complexity index is 911. The summed E-state index contributed by atoms with van der Waals surface area (Å²) in [6, 6.07) is 7.85. The number of hydrogen-bond acceptors (Lipinski definition) is 5. The number of urea groups is 1. The fourth-order valence-electron chi connectivity index (χ4n) is 4.19. The van der Waals surface area contributed by atoms with E-state index in [0.717, 1.165) is 49.2 Å². The summed E-state index contributed by atoms with van der Waals surface area (Å²) in [5.74, 6) is 0.389. The van der Waals surface area contributed by atoms with Gasteiger partial charge in [-0.1, -0.05) is 19.1 Å². The highest BCUT2D eigenvalue weighted by Gasteiger charge is 2.24. The third-order valence-electron chi connectivity index (χ3n) is 5.98. The monoisotopic (exact) mass is 427 g/mol. The van der Waals surface area contributed by atoms with Gasteiger partial charge in [-0.05, 0) is 55.7 Å². The number of rotatable bonds is 5. The summed E-state index contributed by atoms with van der Waals surface area (Å²) in [6.07, 6.45) is 5.05. The van der Waals surface area contributed by atoms with E-state index in [0.29, 0.717) is 24.1 Å². The molecule has 0 saturated carbocycles. The van der Waals surface area contributed by atoms with Gasteiger partial charge in [-0.15, -0.1) is 11.3 Å². The summed E-state index contributed by atoms with van der Waals surface area (Å²) in [6.45, 7) is 4.31. The number of aromatic nitrogens is 1. The van der Waals surface area contributed by atoms with Gasteiger partial charge in [0.2, 0.25) is 5.91 Å². The number of nitrogens with two attached hydrogens (primary N) is 1. The Morgan fingerprint density at radius 1 is 1.27 bits per heavy atom. The minimum Gasteiger partial charge on any atom is -0.371 e. The Kier molecular flexibility index (Phi) is 6.22. The number of carbonyl (C=O) groups excluding carboxylic acids is 2. The van der Waals surface area contributed by atoms with Gasteiger partial charge >= 0.3 is 6.03 Å². The lowest BCUT2D eigenvalue weighted by Crippen LogP contribution is -2.41. The van der Waals surface area contributed by atoms with Crippen molar-refractivity contribution in [2.24, 2.45) is 17.6 Å². The Morgan fingerprint density at radius 2 is 2.07 bits per heavy atom. The maximum absolute atomic E-state index is 12.3. The molecule has 7 nitrogen and oxygen atoms in total. The molecule has 2 atom stereocenters. The molecule has 2 aliphatic rings. The molecule has 3 amide bonds. The highest BCUT2D eigenvalue weighted by Crippen LogP contribution is 2.32. The zero-order valence-electron chi connectivity index (χ0n) is 17.3. The number of nitrogens with zero attached hydrogens (tertiary/aromatic N) is 2. The molecule has 8 heteroatoms. The van der Waals surface area contributed by atoms with E-state index in [1.807, 2.05) is 24.3 Å². The predicted molar refractivity (Wildman–Crippen MR) is 120 cm³/mol. The lowest BCUT2D eigenvalue weighted by molar-refractivity contribution is -0.122. The number of thiazole rings is 1. The number of nitrogens with one attached hydrogen (secondary N) is 2. The van der Waals surface area contributed by atoms with Crippen molar-refractivity contribution in [3.8, 4) is 0 Å². The SMILES string of the molecule is CC1CCc2nc(NC(=O)NCc3ccc(N4CCCC(C(N)=O)C4)cc3)sc2C1. The van der Waals surface area contributed by atoms with E-state index < -0.39 is 0 Å². The van der Waals surface area contributed by atoms with Crippen LogP contribution in [-0.4, -0.2) is 30.0 Å². The van der Waals surface area contributed by atoms with Crippen LogP contribution in [0, 0.1) is 11.8 Å². The first-order valence-corrected chi connectivity index (χ1v) is 11.5. The quantitative estimate of drug-likeness (QED) is 0.682. The van der Waals surface area contributed by atoms with Crippen LogP contribution < -0.4 is 21.3 Å². The van der Waals surface area contributed by atoms with Crippen LogP contribution in [0.15, 0.2) is 24.3 Å². The van der Waals surface area contributed by atoms with Gasteiger partial charge in [0.1, 0.15) is 0 Å². The van der Waals surface area contributed by atoms with Crippen LogP contribution in [0.25, 0.3) is 0 Å². The molecule has 1 saturated heterocycles. The summed E-state index contributed by atoms with van der Waals surface area (Å²) >= 11 is 1.59. The number of anilines is 2. The molecule has 30 heavy (non-hydrogen) atoms. The lowest BCUT2D eigenvalue weighted by Gasteiger charge is -2.33. The van der Waals surface area contributed by atoms with Gasteiger partial charge in [0.25, 0.3) is 0 Å². The standard InChI is InChI=1S/C22H29N5O2S/c1-14-4-9-18-19(11-14)30-22(25-18)26-21(29)24-12-15-5-7-17(8-6-15)27-10-2-3-16(13-27)20(23)28/h5-8,14,16H,2-4,9-13H2,1H3,(H2,23,28)(H2,24,25,26,29). The van der Waals surface area contributed by atoms with E-state index in [1.54, 1.807) is 11.3 Å². The molecule has 0 bridgehead atoms. The lowest BCUT2D eigenvalue weighted by atomic mass is 9.93. The molecule has 2 unspecified atom stereocenters. The molecule has 2 heterocycles. The second-order valence-electron chi connectivity index (χ2n) is 8.40. The van der Waals surface area contributed by atoms with Crippen molar-refractivity contribution in [2.75, 3.05) is 23.3 Å². The molecule has 2 aromatic rings. The number of hydrogen-bond donors (Lipinski definition) is 3. The van der Waals surface area contributed by atoms with E-state index in [1.165, 1.54) is 11.3 Å². The van der Waals surface area contributed by atoms with Crippen molar-refractivity contribution in [3.05, 3.63) is 40.4 Å². The van der Waals surface area contributed by atoms with Gasteiger partial charge in [0, 0.05) is 30.2 Å². The average molecular weight is 428 g/mol. The molecule has 1 aliphatic heterocycles. The van der Waals surface area contributed by atoms with Crippen LogP contribution in [0.4, 0.5) is 15.6 Å². The molecule has 1 aromatic carbocycles. The third kappa shape index (κ3) is 4.92. The number of fused-ring (bicyclic) bond motifs is 1. The zero-order valence-corrected chi connectivity index (χ0v) is 18.1. The van der Waals surface area contributed by atoms with Crippen molar-refractivity contribution < 1.29 is 9.59 Å². The first-order chi connectivity index (χ1) is 14.5. The van der Waals surface area contributed by atoms with E-state index in [4.69, 9.17) is 5.73 Å². The van der Waals surface area contributed by atoms with Gasteiger partial charge in [-0.3, -0.25) is 10.1 Å². The molecule has 1 aromatic heterocycles. The Morgan fingerprint density at radius 3 is 2.83 bits per heavy atom. The second-order valence-corrected chi connectivity index (χ2v) is 9.48. The minimum absolute atomic E-state index is 0.0801. The number of piperidine rings is 1. The van der Waals surface area contributed by atoms with Gasteiger partial charge in [0.15, 0.2) is 5.13 Å². The Hall–Kier alpha value is -2.61.